The van der Waals surface area contributed by atoms with Gasteiger partial charge in [-0.05, 0) is 34.5 Å². The summed E-state index contributed by atoms with van der Waals surface area (Å²) in [5.74, 6) is -3.03. The Hall–Kier alpha value is -4.22. The van der Waals surface area contributed by atoms with Crippen LogP contribution in [0.25, 0.3) is 0 Å². The number of quaternary nitrogens is 1. The standard InChI is InChI=1S/C30H27ClF3N4O4/c1-36-15-14-35-26(36)16-20-6-8-21(9-7-20)19-38(42-29(41)30(32,33)34)25-5-3-2-4-23(25)17-37(18-27(38)39)28(40)22-10-12-24(31)13-11-22/h2-13H,14-19H2,1H3/q+1. The van der Waals surface area contributed by atoms with Crippen LogP contribution in [0.5, 0.6) is 0 Å². The van der Waals surface area contributed by atoms with Crippen LogP contribution in [-0.2, 0) is 33.9 Å². The number of hydrogen-bond acceptors (Lipinski definition) is 6. The second kappa shape index (κ2) is 11.6. The van der Waals surface area contributed by atoms with Gasteiger partial charge in [-0.25, -0.2) is 9.59 Å². The first-order valence-corrected chi connectivity index (χ1v) is 13.5. The summed E-state index contributed by atoms with van der Waals surface area (Å²) in [6.45, 7) is 0.430. The SMILES string of the molecule is CN1CCN=C1Cc1ccc(C[N+]2(OC(=O)C(F)(F)F)C(=O)CN(C(=O)c3ccc(Cl)cc3)Cc3ccccc32)cc1. The Bertz CT molecular complexity index is 1540. The van der Waals surface area contributed by atoms with Crippen LogP contribution in [0, 0.1) is 0 Å². The largest absolute Gasteiger partial charge is 0.497 e. The first-order valence-electron chi connectivity index (χ1n) is 13.1. The van der Waals surface area contributed by atoms with Gasteiger partial charge in [-0.15, -0.1) is 0 Å². The van der Waals surface area contributed by atoms with Crippen LogP contribution >= 0.6 is 11.6 Å². The third-order valence-corrected chi connectivity index (χ3v) is 7.53. The maximum Gasteiger partial charge on any atom is 0.497 e. The van der Waals surface area contributed by atoms with Crippen LogP contribution in [0.1, 0.15) is 27.0 Å². The van der Waals surface area contributed by atoms with Gasteiger partial charge in [0.2, 0.25) is 0 Å². The fourth-order valence-corrected chi connectivity index (χ4v) is 5.19. The van der Waals surface area contributed by atoms with Gasteiger partial charge in [-0.2, -0.15) is 13.2 Å². The van der Waals surface area contributed by atoms with Crippen LogP contribution in [-0.4, -0.2) is 66.3 Å². The molecule has 0 N–H and O–H groups in total. The van der Waals surface area contributed by atoms with Crippen LogP contribution < -0.4 is 4.65 Å². The Morgan fingerprint density at radius 1 is 0.976 bits per heavy atom. The number of carbonyl (C=O) groups excluding carboxylic acids is 3. The number of nitrogens with zero attached hydrogens (tertiary/aromatic N) is 4. The zero-order valence-electron chi connectivity index (χ0n) is 22.6. The zero-order valence-corrected chi connectivity index (χ0v) is 23.4. The van der Waals surface area contributed by atoms with E-state index in [1.54, 1.807) is 42.5 Å². The minimum Gasteiger partial charge on any atom is -0.361 e. The van der Waals surface area contributed by atoms with Gasteiger partial charge in [0.25, 0.3) is 5.91 Å². The number of rotatable bonds is 6. The van der Waals surface area contributed by atoms with Crippen LogP contribution in [0.15, 0.2) is 77.8 Å². The number of halogens is 4. The number of aliphatic imine (C=N–C) groups is 1. The number of alkyl halides is 3. The average molecular weight is 600 g/mol. The van der Waals surface area contributed by atoms with Crippen molar-refractivity contribution in [3.8, 4) is 0 Å². The molecule has 42 heavy (non-hydrogen) atoms. The lowest BCUT2D eigenvalue weighted by atomic mass is 10.1. The molecule has 218 valence electrons. The van der Waals surface area contributed by atoms with Crippen molar-refractivity contribution in [2.75, 3.05) is 26.7 Å². The molecule has 0 spiro atoms. The second-order valence-corrected chi connectivity index (χ2v) is 10.6. The molecule has 3 aromatic carbocycles. The van der Waals surface area contributed by atoms with Gasteiger partial charge in [0.05, 0.1) is 13.1 Å². The fourth-order valence-electron chi connectivity index (χ4n) is 5.06. The van der Waals surface area contributed by atoms with Crippen LogP contribution in [0.2, 0.25) is 5.02 Å². The number of hydrogen-bond donors (Lipinski definition) is 0. The monoisotopic (exact) mass is 599 g/mol. The number of para-hydroxylation sites is 1. The highest BCUT2D eigenvalue weighted by Gasteiger charge is 2.55. The van der Waals surface area contributed by atoms with Gasteiger partial charge in [-0.1, -0.05) is 54.1 Å². The number of fused-ring (bicyclic) bond motifs is 1. The van der Waals surface area contributed by atoms with Crippen molar-refractivity contribution in [1.29, 1.82) is 0 Å². The summed E-state index contributed by atoms with van der Waals surface area (Å²) in [6.07, 6.45) is -4.78. The zero-order chi connectivity index (χ0) is 30.1. The van der Waals surface area contributed by atoms with Crippen LogP contribution in [0.3, 0.4) is 0 Å². The molecule has 1 atom stereocenters. The van der Waals surface area contributed by atoms with Gasteiger partial charge in [0.15, 0.2) is 12.2 Å². The predicted molar refractivity (Wildman–Crippen MR) is 150 cm³/mol. The number of likely N-dealkylation sites (N-methyl/N-ethyl adjacent to an activating group) is 1. The van der Waals surface area contributed by atoms with Gasteiger partial charge in [0.1, 0.15) is 12.4 Å². The fraction of sp³-hybridized carbons (Fsp3) is 0.267. The molecular formula is C30H27ClF3N4O4+. The number of benzene rings is 3. The average Bonchev–Trinajstić information content (AvgIpc) is 3.31. The van der Waals surface area contributed by atoms with E-state index in [9.17, 15) is 27.6 Å². The number of carbonyl (C=O) groups is 3. The van der Waals surface area contributed by atoms with Gasteiger partial charge < -0.3 is 9.80 Å². The Kier molecular flexibility index (Phi) is 8.07. The van der Waals surface area contributed by atoms with E-state index in [1.165, 1.54) is 35.2 Å². The Morgan fingerprint density at radius 3 is 2.29 bits per heavy atom. The molecule has 2 heterocycles. The lowest BCUT2D eigenvalue weighted by Gasteiger charge is -2.31. The summed E-state index contributed by atoms with van der Waals surface area (Å²) >= 11 is 5.95. The maximum atomic E-state index is 14.0. The van der Waals surface area contributed by atoms with E-state index in [0.29, 0.717) is 29.1 Å². The first kappa shape index (κ1) is 29.3. The summed E-state index contributed by atoms with van der Waals surface area (Å²) < 4.78 is 39.3. The maximum absolute atomic E-state index is 14.0. The minimum atomic E-state index is -5.36. The highest BCUT2D eigenvalue weighted by molar-refractivity contribution is 6.30. The van der Waals surface area contributed by atoms with Crippen molar-refractivity contribution >= 4 is 40.9 Å². The summed E-state index contributed by atoms with van der Waals surface area (Å²) in [5, 5.41) is 0.410. The quantitative estimate of drug-likeness (QED) is 0.375. The van der Waals surface area contributed by atoms with E-state index >= 15 is 0 Å². The normalized spacial score (nSPS) is 18.8. The Labute approximate surface area is 245 Å². The molecule has 0 aliphatic carbocycles. The Morgan fingerprint density at radius 2 is 1.64 bits per heavy atom. The molecule has 0 saturated carbocycles. The van der Waals surface area contributed by atoms with Gasteiger partial charge in [-0.3, -0.25) is 14.6 Å². The number of amidine groups is 1. The summed E-state index contributed by atoms with van der Waals surface area (Å²) in [5.41, 5.74) is 2.02. The molecule has 2 aliphatic rings. The van der Waals surface area contributed by atoms with Gasteiger partial charge >= 0.3 is 18.1 Å². The second-order valence-electron chi connectivity index (χ2n) is 10.2. The van der Waals surface area contributed by atoms with E-state index in [1.807, 2.05) is 7.05 Å². The third-order valence-electron chi connectivity index (χ3n) is 7.28. The third kappa shape index (κ3) is 6.02. The van der Waals surface area contributed by atoms with E-state index < -0.39 is 41.7 Å². The molecular weight excluding hydrogens is 573 g/mol. The van der Waals surface area contributed by atoms with Crippen molar-refractivity contribution in [3.63, 3.8) is 0 Å². The predicted octanol–water partition coefficient (Wildman–Crippen LogP) is 4.94. The minimum absolute atomic E-state index is 0.0394. The van der Waals surface area contributed by atoms with Crippen molar-refractivity contribution in [1.82, 2.24) is 14.4 Å². The summed E-state index contributed by atoms with van der Waals surface area (Å²) in [4.78, 5) is 52.6. The highest BCUT2D eigenvalue weighted by atomic mass is 35.5. The van der Waals surface area contributed by atoms with Crippen molar-refractivity contribution in [3.05, 3.63) is 100 Å². The molecule has 0 fully saturated rings. The van der Waals surface area contributed by atoms with Gasteiger partial charge in [0, 0.05) is 47.8 Å². The lowest BCUT2D eigenvalue weighted by molar-refractivity contribution is -0.235. The molecule has 2 amide bonds. The van der Waals surface area contributed by atoms with E-state index in [0.717, 1.165) is 17.9 Å². The molecule has 8 nitrogen and oxygen atoms in total. The van der Waals surface area contributed by atoms with Crippen molar-refractivity contribution in [2.24, 2.45) is 4.99 Å². The van der Waals surface area contributed by atoms with E-state index in [2.05, 4.69) is 9.89 Å². The molecule has 2 aliphatic heterocycles. The molecule has 5 rings (SSSR count). The summed E-state index contributed by atoms with van der Waals surface area (Å²) in [7, 11) is 1.95. The molecule has 3 aromatic rings. The smallest absolute Gasteiger partial charge is 0.361 e. The van der Waals surface area contributed by atoms with E-state index in [4.69, 9.17) is 16.4 Å². The van der Waals surface area contributed by atoms with E-state index in [-0.39, 0.29) is 17.8 Å². The number of hydroxylamine groups is 2. The molecule has 0 saturated heterocycles. The van der Waals surface area contributed by atoms with Crippen molar-refractivity contribution < 1.29 is 32.4 Å². The molecule has 0 bridgehead atoms. The first-order chi connectivity index (χ1) is 20.0. The molecule has 1 unspecified atom stereocenters. The highest BCUT2D eigenvalue weighted by Crippen LogP contribution is 2.37. The van der Waals surface area contributed by atoms with Crippen LogP contribution in [0.4, 0.5) is 18.9 Å². The topological polar surface area (TPSA) is 79.3 Å². The number of amides is 2. The Balaban J connectivity index is 1.53. The molecule has 0 aromatic heterocycles. The van der Waals surface area contributed by atoms with Crippen molar-refractivity contribution in [2.45, 2.75) is 25.7 Å². The summed E-state index contributed by atoms with van der Waals surface area (Å²) in [6, 6.07) is 19.2. The lowest BCUT2D eigenvalue weighted by Crippen LogP contribution is -2.58. The molecule has 0 radical (unpaired) electrons. The molecule has 12 heteroatoms.